The van der Waals surface area contributed by atoms with E-state index in [1.165, 1.54) is 24.5 Å². The van der Waals surface area contributed by atoms with Gasteiger partial charge in [-0.25, -0.2) is 0 Å². The average molecular weight is 334 g/mol. The molecule has 1 aliphatic heterocycles. The van der Waals surface area contributed by atoms with Crippen molar-refractivity contribution >= 4 is 23.2 Å². The number of hydrogen-bond donors (Lipinski definition) is 2. The summed E-state index contributed by atoms with van der Waals surface area (Å²) >= 11 is 1.28. The zero-order valence-electron chi connectivity index (χ0n) is 12.3. The van der Waals surface area contributed by atoms with Gasteiger partial charge in [0.2, 0.25) is 5.75 Å². The van der Waals surface area contributed by atoms with E-state index in [1.807, 2.05) is 0 Å². The number of fused-ring (bicyclic) bond motifs is 1. The number of benzene rings is 1. The van der Waals surface area contributed by atoms with Crippen molar-refractivity contribution in [1.82, 2.24) is 10.9 Å². The van der Waals surface area contributed by atoms with E-state index < -0.39 is 5.91 Å². The summed E-state index contributed by atoms with van der Waals surface area (Å²) in [6.07, 6.45) is 0. The molecule has 0 unspecified atom stereocenters. The smallest absolute Gasteiger partial charge is 0.279 e. The number of ether oxygens (including phenoxy) is 3. The Morgan fingerprint density at radius 2 is 1.96 bits per heavy atom. The zero-order chi connectivity index (χ0) is 16.2. The van der Waals surface area contributed by atoms with E-state index >= 15 is 0 Å². The van der Waals surface area contributed by atoms with Crippen molar-refractivity contribution in [3.8, 4) is 17.2 Å². The fourth-order valence-electron chi connectivity index (χ4n) is 2.06. The van der Waals surface area contributed by atoms with Crippen molar-refractivity contribution < 1.29 is 23.8 Å². The molecule has 2 heterocycles. The highest BCUT2D eigenvalue weighted by atomic mass is 32.1. The molecule has 2 N–H and O–H groups in total. The molecule has 2 aromatic rings. The maximum atomic E-state index is 12.2. The molecule has 0 atom stereocenters. The van der Waals surface area contributed by atoms with Crippen LogP contribution in [0.3, 0.4) is 0 Å². The Labute approximate surface area is 136 Å². The van der Waals surface area contributed by atoms with Crippen molar-refractivity contribution in [1.29, 1.82) is 0 Å². The third-order valence-electron chi connectivity index (χ3n) is 3.12. The Bertz CT molecular complexity index is 712. The Morgan fingerprint density at radius 3 is 2.70 bits per heavy atom. The first-order valence-corrected chi connectivity index (χ1v) is 7.69. The molecule has 0 bridgehead atoms. The van der Waals surface area contributed by atoms with E-state index in [0.29, 0.717) is 35.3 Å². The Kier molecular flexibility index (Phi) is 4.33. The van der Waals surface area contributed by atoms with Crippen LogP contribution in [0, 0.1) is 0 Å². The number of amides is 2. The van der Waals surface area contributed by atoms with Crippen LogP contribution in [0.25, 0.3) is 0 Å². The number of nitrogens with one attached hydrogen (secondary N) is 2. The quantitative estimate of drug-likeness (QED) is 0.833. The van der Waals surface area contributed by atoms with Crippen molar-refractivity contribution in [2.75, 3.05) is 20.3 Å². The lowest BCUT2D eigenvalue weighted by Crippen LogP contribution is -2.41. The molecule has 0 fully saturated rings. The molecule has 1 aromatic heterocycles. The number of carbonyl (C=O) groups excluding carboxylic acids is 2. The van der Waals surface area contributed by atoms with Gasteiger partial charge in [-0.15, -0.1) is 11.3 Å². The minimum Gasteiger partial charge on any atom is -0.493 e. The number of thiophene rings is 1. The molecule has 1 aliphatic rings. The van der Waals surface area contributed by atoms with Gasteiger partial charge in [0.05, 0.1) is 12.0 Å². The highest BCUT2D eigenvalue weighted by Gasteiger charge is 2.21. The van der Waals surface area contributed by atoms with E-state index in [1.54, 1.807) is 23.6 Å². The monoisotopic (exact) mass is 334 g/mol. The van der Waals surface area contributed by atoms with Crippen molar-refractivity contribution in [2.24, 2.45) is 0 Å². The molecular weight excluding hydrogens is 320 g/mol. The first-order valence-electron chi connectivity index (χ1n) is 6.81. The van der Waals surface area contributed by atoms with Crippen LogP contribution in [-0.2, 0) is 0 Å². The molecule has 7 nitrogen and oxygen atoms in total. The van der Waals surface area contributed by atoms with Crippen molar-refractivity contribution in [3.05, 3.63) is 40.1 Å². The van der Waals surface area contributed by atoms with E-state index in [2.05, 4.69) is 10.9 Å². The van der Waals surface area contributed by atoms with Gasteiger partial charge in [0, 0.05) is 5.56 Å². The molecule has 0 saturated heterocycles. The Balaban J connectivity index is 1.73. The van der Waals surface area contributed by atoms with E-state index in [-0.39, 0.29) is 11.5 Å². The Hall–Kier alpha value is -2.74. The van der Waals surface area contributed by atoms with Crippen LogP contribution in [0.15, 0.2) is 29.6 Å². The van der Waals surface area contributed by atoms with Gasteiger partial charge in [0.25, 0.3) is 11.8 Å². The van der Waals surface area contributed by atoms with Crippen LogP contribution >= 0.6 is 11.3 Å². The zero-order valence-corrected chi connectivity index (χ0v) is 13.1. The summed E-state index contributed by atoms with van der Waals surface area (Å²) in [6.45, 7) is 0.822. The van der Waals surface area contributed by atoms with Crippen LogP contribution in [0.1, 0.15) is 20.0 Å². The second-order valence-electron chi connectivity index (χ2n) is 4.59. The number of hydrazine groups is 1. The topological polar surface area (TPSA) is 85.9 Å². The van der Waals surface area contributed by atoms with Gasteiger partial charge in [0.1, 0.15) is 13.2 Å². The predicted molar refractivity (Wildman–Crippen MR) is 83.2 cm³/mol. The van der Waals surface area contributed by atoms with Crippen molar-refractivity contribution in [2.45, 2.75) is 0 Å². The summed E-state index contributed by atoms with van der Waals surface area (Å²) < 4.78 is 16.2. The summed E-state index contributed by atoms with van der Waals surface area (Å²) in [7, 11) is 1.48. The lowest BCUT2D eigenvalue weighted by atomic mass is 10.1. The molecule has 23 heavy (non-hydrogen) atoms. The minimum absolute atomic E-state index is 0.289. The normalized spacial score (nSPS) is 12.4. The van der Waals surface area contributed by atoms with Gasteiger partial charge >= 0.3 is 0 Å². The highest BCUT2D eigenvalue weighted by molar-refractivity contribution is 7.12. The van der Waals surface area contributed by atoms with Crippen LogP contribution in [-0.4, -0.2) is 32.1 Å². The summed E-state index contributed by atoms with van der Waals surface area (Å²) in [5, 5.41) is 1.78. The van der Waals surface area contributed by atoms with Gasteiger partial charge in [0.15, 0.2) is 11.5 Å². The van der Waals surface area contributed by atoms with E-state index in [0.717, 1.165) is 0 Å². The Morgan fingerprint density at radius 1 is 1.17 bits per heavy atom. The summed E-state index contributed by atoms with van der Waals surface area (Å²) in [5.41, 5.74) is 5.01. The fourth-order valence-corrected chi connectivity index (χ4v) is 2.68. The molecule has 0 spiro atoms. The lowest BCUT2D eigenvalue weighted by molar-refractivity contribution is 0.0848. The van der Waals surface area contributed by atoms with Crippen LogP contribution in [0.5, 0.6) is 17.2 Å². The molecule has 0 radical (unpaired) electrons. The van der Waals surface area contributed by atoms with Crippen LogP contribution in [0.4, 0.5) is 0 Å². The molecule has 0 saturated carbocycles. The molecule has 0 aliphatic carbocycles. The number of carbonyl (C=O) groups is 2. The largest absolute Gasteiger partial charge is 0.493 e. The van der Waals surface area contributed by atoms with Crippen LogP contribution in [0.2, 0.25) is 0 Å². The van der Waals surface area contributed by atoms with Gasteiger partial charge in [-0.1, -0.05) is 6.07 Å². The average Bonchev–Trinajstić information content (AvgIpc) is 3.13. The molecule has 120 valence electrons. The number of methoxy groups -OCH3 is 1. The summed E-state index contributed by atoms with van der Waals surface area (Å²) in [5.74, 6) is 0.447. The van der Waals surface area contributed by atoms with Gasteiger partial charge in [-0.3, -0.25) is 20.4 Å². The van der Waals surface area contributed by atoms with Crippen molar-refractivity contribution in [3.63, 3.8) is 0 Å². The summed E-state index contributed by atoms with van der Waals surface area (Å²) in [6, 6.07) is 6.50. The SMILES string of the molecule is COc1cc(C(=O)NNC(=O)c2cccs2)cc2c1OCCO2. The maximum absolute atomic E-state index is 12.2. The third kappa shape index (κ3) is 3.21. The second kappa shape index (κ2) is 6.57. The molecular formula is C15H14N2O5S. The predicted octanol–water partition coefficient (Wildman–Crippen LogP) is 1.60. The first kappa shape index (κ1) is 15.2. The molecule has 2 amide bonds. The van der Waals surface area contributed by atoms with Gasteiger partial charge < -0.3 is 14.2 Å². The first-order chi connectivity index (χ1) is 11.2. The molecule has 1 aromatic carbocycles. The highest BCUT2D eigenvalue weighted by Crippen LogP contribution is 2.40. The fraction of sp³-hybridized carbons (Fsp3) is 0.200. The maximum Gasteiger partial charge on any atom is 0.279 e. The van der Waals surface area contributed by atoms with E-state index in [9.17, 15) is 9.59 Å². The van der Waals surface area contributed by atoms with E-state index in [4.69, 9.17) is 14.2 Å². The lowest BCUT2D eigenvalue weighted by Gasteiger charge is -2.21. The minimum atomic E-state index is -0.481. The summed E-state index contributed by atoms with van der Waals surface area (Å²) in [4.78, 5) is 24.5. The third-order valence-corrected chi connectivity index (χ3v) is 3.99. The number of hydrogen-bond acceptors (Lipinski definition) is 6. The molecule has 3 rings (SSSR count). The van der Waals surface area contributed by atoms with Crippen LogP contribution < -0.4 is 25.1 Å². The number of rotatable bonds is 3. The van der Waals surface area contributed by atoms with Gasteiger partial charge in [-0.05, 0) is 23.6 Å². The molecule has 8 heteroatoms. The second-order valence-corrected chi connectivity index (χ2v) is 5.54. The standard InChI is InChI=1S/C15H14N2O5S/c1-20-10-7-9(8-11-13(10)22-5-4-21-11)14(18)16-17-15(19)12-3-2-6-23-12/h2-3,6-8H,4-5H2,1H3,(H,16,18)(H,17,19). The van der Waals surface area contributed by atoms with Gasteiger partial charge in [-0.2, -0.15) is 0 Å².